The summed E-state index contributed by atoms with van der Waals surface area (Å²) in [5, 5.41) is 6.26. The Bertz CT molecular complexity index is 1960. The molecule has 1 aromatic carbocycles. The Morgan fingerprint density at radius 3 is 2.40 bits per heavy atom. The van der Waals surface area contributed by atoms with Crippen LogP contribution in [0.5, 0.6) is 5.88 Å². The Morgan fingerprint density at radius 1 is 0.960 bits per heavy atom. The molecule has 3 aromatic heterocycles. The Hall–Kier alpha value is -3.86. The highest BCUT2D eigenvalue weighted by atomic mass is 79.9. The molecule has 2 N–H and O–H groups in total. The number of nitrogens with zero attached hydrogens (tertiary/aromatic N) is 9. The van der Waals surface area contributed by atoms with Crippen LogP contribution in [-0.2, 0) is 16.4 Å². The van der Waals surface area contributed by atoms with Crippen molar-refractivity contribution in [1.29, 1.82) is 0 Å². The zero-order valence-electron chi connectivity index (χ0n) is 28.9. The number of rotatable bonds is 11. The van der Waals surface area contributed by atoms with Gasteiger partial charge < -0.3 is 25.2 Å². The summed E-state index contributed by atoms with van der Waals surface area (Å²) < 4.78 is 34.5. The lowest BCUT2D eigenvalue weighted by Crippen LogP contribution is -2.52. The van der Waals surface area contributed by atoms with Crippen LogP contribution in [0.25, 0.3) is 11.0 Å². The van der Waals surface area contributed by atoms with Crippen LogP contribution in [0.1, 0.15) is 38.2 Å². The number of pyridine rings is 1. The zero-order valence-corrected chi connectivity index (χ0v) is 31.3. The molecule has 3 aliphatic rings. The molecule has 0 unspecified atom stereocenters. The number of anilines is 6. The number of hydrogen-bond acceptors (Lipinski definition) is 13. The first-order chi connectivity index (χ1) is 24.2. The van der Waals surface area contributed by atoms with Crippen molar-refractivity contribution in [3.63, 3.8) is 0 Å². The Morgan fingerprint density at radius 2 is 1.70 bits per heavy atom. The number of aromatic nitrogens is 5. The monoisotopic (exact) mass is 765 g/mol. The maximum absolute atomic E-state index is 13.4. The van der Waals surface area contributed by atoms with Crippen molar-refractivity contribution in [2.24, 2.45) is 0 Å². The van der Waals surface area contributed by atoms with Crippen LogP contribution in [0.15, 0.2) is 41.3 Å². The van der Waals surface area contributed by atoms with Gasteiger partial charge in [0.1, 0.15) is 28.5 Å². The smallest absolute Gasteiger partial charge is 0.239 e. The molecule has 0 amide bonds. The largest absolute Gasteiger partial charge is 0.479 e. The van der Waals surface area contributed by atoms with Crippen LogP contribution >= 0.6 is 15.9 Å². The van der Waals surface area contributed by atoms with E-state index in [9.17, 15) is 8.42 Å². The highest BCUT2D eigenvalue weighted by molar-refractivity contribution is 9.10. The summed E-state index contributed by atoms with van der Waals surface area (Å²) in [5.74, 6) is 2.18. The van der Waals surface area contributed by atoms with E-state index in [4.69, 9.17) is 14.7 Å². The van der Waals surface area contributed by atoms with Crippen LogP contribution in [0.4, 0.5) is 34.6 Å². The first-order valence-electron chi connectivity index (χ1n) is 17.2. The molecule has 0 radical (unpaired) electrons. The number of benzene rings is 1. The Balaban J connectivity index is 1.13. The predicted octanol–water partition coefficient (Wildman–Crippen LogP) is 4.78. The van der Waals surface area contributed by atoms with Gasteiger partial charge in [0.15, 0.2) is 0 Å². The van der Waals surface area contributed by atoms with Crippen molar-refractivity contribution >= 4 is 71.6 Å². The van der Waals surface area contributed by atoms with E-state index in [0.29, 0.717) is 69.1 Å². The number of piperazine rings is 1. The number of fused-ring (bicyclic) bond motifs is 1. The van der Waals surface area contributed by atoms with Crippen molar-refractivity contribution in [2.75, 3.05) is 80.3 Å². The third kappa shape index (κ3) is 7.02. The molecular weight excluding hydrogens is 722 g/mol. The van der Waals surface area contributed by atoms with Crippen LogP contribution in [-0.4, -0.2) is 115 Å². The molecule has 50 heavy (non-hydrogen) atoms. The van der Waals surface area contributed by atoms with Gasteiger partial charge in [-0.2, -0.15) is 9.97 Å². The number of piperidine rings is 1. The second kappa shape index (κ2) is 14.4. The van der Waals surface area contributed by atoms with E-state index in [1.807, 2.05) is 0 Å². The summed E-state index contributed by atoms with van der Waals surface area (Å²) in [7, 11) is 1.80. The molecule has 7 rings (SSSR count). The fraction of sp³-hybridized carbons (Fsp3) is 0.500. The van der Waals surface area contributed by atoms with Gasteiger partial charge in [-0.3, -0.25) is 19.2 Å². The summed E-state index contributed by atoms with van der Waals surface area (Å²) in [5.41, 5.74) is 3.75. The Labute approximate surface area is 301 Å². The minimum Gasteiger partial charge on any atom is -0.479 e. The number of ether oxygens (including phenoxy) is 1. The number of methoxy groups -OCH3 is 1. The molecule has 0 bridgehead atoms. The van der Waals surface area contributed by atoms with E-state index in [1.54, 1.807) is 44.9 Å². The van der Waals surface area contributed by atoms with Crippen molar-refractivity contribution in [2.45, 2.75) is 50.3 Å². The van der Waals surface area contributed by atoms with Crippen LogP contribution < -0.4 is 24.6 Å². The maximum atomic E-state index is 13.4. The molecule has 3 fully saturated rings. The average molecular weight is 767 g/mol. The SMILES string of the molecule is CCc1cc(Nc2ncc(Br)c(Nc3ccc4nccnc4c3N(C)S(=O)(=O)C3CC3)n2)c(OC)nc1N1CCC(N2CCN(C)CC2)CC1. The molecule has 0 atom stereocenters. The molecule has 4 aromatic rings. The van der Waals surface area contributed by atoms with E-state index in [2.05, 4.69) is 76.3 Å². The molecule has 266 valence electrons. The van der Waals surface area contributed by atoms with Crippen molar-refractivity contribution in [1.82, 2.24) is 34.7 Å². The van der Waals surface area contributed by atoms with Gasteiger partial charge in [0, 0.05) is 70.9 Å². The van der Waals surface area contributed by atoms with Crippen molar-refractivity contribution < 1.29 is 13.2 Å². The standard InChI is InChI=1S/C34H44BrN11O3S/c1-5-22-20-28(33(49-4)42-32(22)46-14-10-23(11-15-46)45-18-16-43(2)17-19-45)40-34-38-21-25(35)31(41-34)39-27-9-8-26-29(37-13-12-36-26)30(27)44(3)50(47,48)24-6-7-24/h8-9,12-13,20-21,23-24H,5-7,10-11,14-19H2,1-4H3,(H2,38,39,40,41). The van der Waals surface area contributed by atoms with E-state index in [-0.39, 0.29) is 0 Å². The van der Waals surface area contributed by atoms with Crippen LogP contribution in [0.2, 0.25) is 0 Å². The molecule has 16 heteroatoms. The molecule has 1 aliphatic carbocycles. The first-order valence-corrected chi connectivity index (χ1v) is 19.5. The van der Waals surface area contributed by atoms with E-state index in [0.717, 1.165) is 69.9 Å². The topological polar surface area (TPSA) is 145 Å². The third-order valence-electron chi connectivity index (χ3n) is 9.94. The molecule has 0 spiro atoms. The van der Waals surface area contributed by atoms with Gasteiger partial charge in [0.25, 0.3) is 0 Å². The second-order valence-electron chi connectivity index (χ2n) is 13.2. The van der Waals surface area contributed by atoms with E-state index in [1.165, 1.54) is 4.31 Å². The predicted molar refractivity (Wildman–Crippen MR) is 201 cm³/mol. The van der Waals surface area contributed by atoms with Gasteiger partial charge in [-0.25, -0.2) is 13.4 Å². The quantitative estimate of drug-likeness (QED) is 0.216. The molecule has 2 aliphatic heterocycles. The van der Waals surface area contributed by atoms with Crippen LogP contribution in [0, 0.1) is 0 Å². The van der Waals surface area contributed by atoms with Gasteiger partial charge in [-0.1, -0.05) is 6.92 Å². The normalized spacial score (nSPS) is 18.0. The minimum atomic E-state index is -3.58. The fourth-order valence-electron chi connectivity index (χ4n) is 6.86. The number of nitrogens with one attached hydrogen (secondary N) is 2. The van der Waals surface area contributed by atoms with E-state index >= 15 is 0 Å². The summed E-state index contributed by atoms with van der Waals surface area (Å²) >= 11 is 3.57. The third-order valence-corrected chi connectivity index (χ3v) is 12.8. The van der Waals surface area contributed by atoms with Gasteiger partial charge in [-0.15, -0.1) is 0 Å². The number of hydrogen-bond donors (Lipinski definition) is 2. The number of sulfonamides is 1. The fourth-order valence-corrected chi connectivity index (χ4v) is 8.77. The average Bonchev–Trinajstić information content (AvgIpc) is 4.00. The highest BCUT2D eigenvalue weighted by Gasteiger charge is 2.40. The summed E-state index contributed by atoms with van der Waals surface area (Å²) in [4.78, 5) is 30.6. The van der Waals surface area contributed by atoms with Gasteiger partial charge in [-0.05, 0) is 78.8 Å². The molecule has 2 saturated heterocycles. The highest BCUT2D eigenvalue weighted by Crippen LogP contribution is 2.41. The molecule has 1 saturated carbocycles. The molecular formula is C34H44BrN11O3S. The second-order valence-corrected chi connectivity index (χ2v) is 16.3. The number of likely N-dealkylation sites (N-methyl/N-ethyl adjacent to an activating group) is 1. The Kier molecular flexibility index (Phi) is 9.96. The lowest BCUT2D eigenvalue weighted by molar-refractivity contribution is 0.0981. The van der Waals surface area contributed by atoms with Crippen molar-refractivity contribution in [3.05, 3.63) is 46.8 Å². The summed E-state index contributed by atoms with van der Waals surface area (Å²) in [6.45, 7) is 8.59. The van der Waals surface area contributed by atoms with Gasteiger partial charge >= 0.3 is 0 Å². The number of aryl methyl sites for hydroxylation is 1. The lowest BCUT2D eigenvalue weighted by Gasteiger charge is -2.42. The zero-order chi connectivity index (χ0) is 35.0. The lowest BCUT2D eigenvalue weighted by atomic mass is 10.0. The maximum Gasteiger partial charge on any atom is 0.239 e. The summed E-state index contributed by atoms with van der Waals surface area (Å²) in [6, 6.07) is 6.29. The van der Waals surface area contributed by atoms with E-state index < -0.39 is 15.3 Å². The molecule has 5 heterocycles. The summed E-state index contributed by atoms with van der Waals surface area (Å²) in [6.07, 6.45) is 9.12. The van der Waals surface area contributed by atoms with Crippen LogP contribution in [0.3, 0.4) is 0 Å². The minimum absolute atomic E-state index is 0.319. The first kappa shape index (κ1) is 34.6. The van der Waals surface area contributed by atoms with Gasteiger partial charge in [0.05, 0.1) is 28.0 Å². The number of halogens is 1. The molecule has 14 nitrogen and oxygen atoms in total. The van der Waals surface area contributed by atoms with Crippen molar-refractivity contribution in [3.8, 4) is 5.88 Å². The van der Waals surface area contributed by atoms with Gasteiger partial charge in [0.2, 0.25) is 21.9 Å².